The maximum atomic E-state index is 13.7. The minimum atomic E-state index is -1.08. The zero-order valence-electron chi connectivity index (χ0n) is 29.3. The molecule has 10 heteroatoms. The van der Waals surface area contributed by atoms with Crippen LogP contribution in [0.2, 0.25) is 0 Å². The molecule has 6 rings (SSSR count). The molecule has 0 saturated carbocycles. The summed E-state index contributed by atoms with van der Waals surface area (Å²) in [6.45, 7) is 0.576. The zero-order valence-corrected chi connectivity index (χ0v) is 31.4. The molecule has 1 aliphatic heterocycles. The molecule has 53 heavy (non-hydrogen) atoms. The van der Waals surface area contributed by atoms with E-state index in [0.29, 0.717) is 21.1 Å². The predicted octanol–water partition coefficient (Wildman–Crippen LogP) is 8.13. The highest BCUT2D eigenvalue weighted by molar-refractivity contribution is 14.1. The molecule has 0 aliphatic carbocycles. The van der Waals surface area contributed by atoms with Crippen LogP contribution in [0, 0.1) is 0 Å². The number of methoxy groups -OCH3 is 1. The van der Waals surface area contributed by atoms with Gasteiger partial charge in [-0.1, -0.05) is 132 Å². The van der Waals surface area contributed by atoms with Gasteiger partial charge in [-0.3, -0.25) is 0 Å². The number of hydrogen-bond acceptors (Lipinski definition) is 9. The van der Waals surface area contributed by atoms with Crippen molar-refractivity contribution in [3.05, 3.63) is 173 Å². The summed E-state index contributed by atoms with van der Waals surface area (Å²) < 4.78 is 44.0. The standard InChI is InChI=1S/C43H41IO9/c1-47-35-23-21-32(22-24-35)27-49-39-38(48-26-30-13-5-2-6-14-30)37(25-44)52-43(40(39)53-41(45)33-17-9-4-10-18-33)51-29-34-19-11-12-20-36(34)42(46)50-28-31-15-7-3-8-16-31/h2-24,37-40,43H,25-29H2,1H3/t37-,38-,39+,40+,43+/m1/s1. The minimum Gasteiger partial charge on any atom is -0.497 e. The zero-order chi connectivity index (χ0) is 36.8. The van der Waals surface area contributed by atoms with Crippen molar-refractivity contribution in [2.75, 3.05) is 11.5 Å². The third-order valence-electron chi connectivity index (χ3n) is 8.74. The molecule has 1 aliphatic rings. The summed E-state index contributed by atoms with van der Waals surface area (Å²) in [6.07, 6.45) is -4.08. The van der Waals surface area contributed by atoms with Crippen LogP contribution in [0.25, 0.3) is 0 Å². The van der Waals surface area contributed by atoms with Gasteiger partial charge < -0.3 is 33.2 Å². The van der Waals surface area contributed by atoms with Crippen LogP contribution in [-0.2, 0) is 54.8 Å². The Morgan fingerprint density at radius 1 is 0.585 bits per heavy atom. The number of carbonyl (C=O) groups excluding carboxylic acids is 2. The van der Waals surface area contributed by atoms with Crippen LogP contribution in [0.4, 0.5) is 0 Å². The number of hydrogen-bond donors (Lipinski definition) is 0. The van der Waals surface area contributed by atoms with Crippen molar-refractivity contribution in [3.8, 4) is 5.75 Å². The second-order valence-corrected chi connectivity index (χ2v) is 13.2. The van der Waals surface area contributed by atoms with E-state index >= 15 is 0 Å². The first-order chi connectivity index (χ1) is 26.0. The molecule has 0 unspecified atom stereocenters. The molecule has 0 aromatic heterocycles. The van der Waals surface area contributed by atoms with E-state index in [4.69, 9.17) is 33.2 Å². The lowest BCUT2D eigenvalue weighted by atomic mass is 9.98. The Morgan fingerprint density at radius 2 is 1.15 bits per heavy atom. The average Bonchev–Trinajstić information content (AvgIpc) is 3.22. The highest BCUT2D eigenvalue weighted by atomic mass is 127. The first kappa shape index (κ1) is 38.1. The fourth-order valence-corrected chi connectivity index (χ4v) is 6.63. The van der Waals surface area contributed by atoms with Crippen molar-refractivity contribution in [2.24, 2.45) is 0 Å². The Hall–Kier alpha value is -4.59. The van der Waals surface area contributed by atoms with E-state index in [9.17, 15) is 9.59 Å². The van der Waals surface area contributed by atoms with E-state index in [1.165, 1.54) is 0 Å². The van der Waals surface area contributed by atoms with Gasteiger partial charge in [-0.2, -0.15) is 0 Å². The Kier molecular flexibility index (Phi) is 14.0. The largest absolute Gasteiger partial charge is 0.497 e. The molecule has 1 saturated heterocycles. The molecular weight excluding hydrogens is 787 g/mol. The van der Waals surface area contributed by atoms with E-state index in [0.717, 1.165) is 22.4 Å². The fourth-order valence-electron chi connectivity index (χ4n) is 5.92. The van der Waals surface area contributed by atoms with E-state index in [1.54, 1.807) is 49.6 Å². The van der Waals surface area contributed by atoms with Gasteiger partial charge in [-0.05, 0) is 52.6 Å². The number of carbonyl (C=O) groups is 2. The van der Waals surface area contributed by atoms with Crippen LogP contribution in [0.15, 0.2) is 140 Å². The Bertz CT molecular complexity index is 1870. The van der Waals surface area contributed by atoms with E-state index in [1.807, 2.05) is 97.1 Å². The molecule has 0 spiro atoms. The lowest BCUT2D eigenvalue weighted by molar-refractivity contribution is -0.310. The van der Waals surface area contributed by atoms with Gasteiger partial charge in [0.25, 0.3) is 0 Å². The van der Waals surface area contributed by atoms with Crippen LogP contribution < -0.4 is 4.74 Å². The van der Waals surface area contributed by atoms with Crippen molar-refractivity contribution in [1.29, 1.82) is 0 Å². The smallest absolute Gasteiger partial charge is 0.338 e. The fraction of sp³-hybridized carbons (Fsp3) is 0.256. The quantitative estimate of drug-likeness (QED) is 0.0555. The van der Waals surface area contributed by atoms with Gasteiger partial charge in [-0.25, -0.2) is 9.59 Å². The topological polar surface area (TPSA) is 98.8 Å². The van der Waals surface area contributed by atoms with Gasteiger partial charge in [0.05, 0.1) is 44.2 Å². The first-order valence-corrected chi connectivity index (χ1v) is 18.8. The van der Waals surface area contributed by atoms with Gasteiger partial charge in [0.2, 0.25) is 0 Å². The normalized spacial score (nSPS) is 19.6. The van der Waals surface area contributed by atoms with Crippen LogP contribution in [0.5, 0.6) is 5.75 Å². The van der Waals surface area contributed by atoms with Crippen molar-refractivity contribution >= 4 is 34.5 Å². The van der Waals surface area contributed by atoms with Gasteiger partial charge >= 0.3 is 11.9 Å². The Morgan fingerprint density at radius 3 is 1.79 bits per heavy atom. The number of rotatable bonds is 16. The molecule has 5 aromatic carbocycles. The van der Waals surface area contributed by atoms with Crippen molar-refractivity contribution < 1.29 is 42.7 Å². The Labute approximate surface area is 323 Å². The lowest BCUT2D eigenvalue weighted by Crippen LogP contribution is -2.61. The number of benzene rings is 5. The maximum absolute atomic E-state index is 13.7. The molecule has 0 amide bonds. The third kappa shape index (κ3) is 10.5. The van der Waals surface area contributed by atoms with Crippen molar-refractivity contribution in [2.45, 2.75) is 57.1 Å². The SMILES string of the molecule is COc1ccc(CO[C@@H]2[C@H](OC(=O)c3ccccc3)[C@@H](OCc3ccccc3C(=O)OCc3ccccc3)O[C@H](CI)[C@H]2OCc2ccccc2)cc1. The summed E-state index contributed by atoms with van der Waals surface area (Å²) in [7, 11) is 1.62. The maximum Gasteiger partial charge on any atom is 0.338 e. The molecule has 274 valence electrons. The van der Waals surface area contributed by atoms with Gasteiger partial charge in [0, 0.05) is 4.43 Å². The summed E-state index contributed by atoms with van der Waals surface area (Å²) in [6, 6.07) is 42.7. The second kappa shape index (κ2) is 19.5. The summed E-state index contributed by atoms with van der Waals surface area (Å²) in [4.78, 5) is 27.0. The highest BCUT2D eigenvalue weighted by Gasteiger charge is 2.50. The molecule has 5 atom stereocenters. The lowest BCUT2D eigenvalue weighted by Gasteiger charge is -2.45. The summed E-state index contributed by atoms with van der Waals surface area (Å²) in [5, 5.41) is 0. The molecule has 9 nitrogen and oxygen atoms in total. The van der Waals surface area contributed by atoms with Gasteiger partial charge in [0.1, 0.15) is 24.6 Å². The number of ether oxygens (including phenoxy) is 7. The average molecular weight is 829 g/mol. The van der Waals surface area contributed by atoms with Crippen LogP contribution in [0.3, 0.4) is 0 Å². The predicted molar refractivity (Wildman–Crippen MR) is 207 cm³/mol. The van der Waals surface area contributed by atoms with Gasteiger partial charge in [-0.15, -0.1) is 0 Å². The molecule has 1 fully saturated rings. The third-order valence-corrected chi connectivity index (χ3v) is 9.60. The summed E-state index contributed by atoms with van der Waals surface area (Å²) in [5.41, 5.74) is 4.05. The summed E-state index contributed by atoms with van der Waals surface area (Å²) >= 11 is 2.25. The van der Waals surface area contributed by atoms with Crippen molar-refractivity contribution in [3.63, 3.8) is 0 Å². The molecule has 0 N–H and O–H groups in total. The summed E-state index contributed by atoms with van der Waals surface area (Å²) in [5.74, 6) is -0.323. The monoisotopic (exact) mass is 828 g/mol. The Balaban J connectivity index is 1.28. The molecule has 0 radical (unpaired) electrons. The second-order valence-electron chi connectivity index (χ2n) is 12.3. The van der Waals surface area contributed by atoms with Crippen molar-refractivity contribution in [1.82, 2.24) is 0 Å². The van der Waals surface area contributed by atoms with Gasteiger partial charge in [0.15, 0.2) is 12.4 Å². The molecule has 1 heterocycles. The first-order valence-electron chi connectivity index (χ1n) is 17.3. The number of esters is 2. The van der Waals surface area contributed by atoms with E-state index in [2.05, 4.69) is 22.6 Å². The minimum absolute atomic E-state index is 0.0324. The molecular formula is C43H41IO9. The van der Waals surface area contributed by atoms with Crippen LogP contribution >= 0.6 is 22.6 Å². The van der Waals surface area contributed by atoms with E-state index in [-0.39, 0.29) is 26.4 Å². The van der Waals surface area contributed by atoms with E-state index < -0.39 is 42.6 Å². The molecule has 0 bridgehead atoms. The van der Waals surface area contributed by atoms with Crippen LogP contribution in [-0.4, -0.2) is 54.2 Å². The van der Waals surface area contributed by atoms with Crippen LogP contribution in [0.1, 0.15) is 43.0 Å². The molecule has 5 aromatic rings. The number of alkyl halides is 1. The highest BCUT2D eigenvalue weighted by Crippen LogP contribution is 2.33. The number of halogens is 1.